The lowest BCUT2D eigenvalue weighted by atomic mass is 10.0. The van der Waals surface area contributed by atoms with Crippen LogP contribution in [0.25, 0.3) is 20.8 Å². The Morgan fingerprint density at radius 2 is 1.93 bits per heavy atom. The summed E-state index contributed by atoms with van der Waals surface area (Å²) in [4.78, 5) is 16.8. The number of aromatic nitrogens is 1. The second-order valence-electron chi connectivity index (χ2n) is 7.42. The van der Waals surface area contributed by atoms with Gasteiger partial charge in [-0.15, -0.1) is 11.3 Å². The van der Waals surface area contributed by atoms with Crippen LogP contribution in [0, 0.1) is 12.8 Å². The van der Waals surface area contributed by atoms with Gasteiger partial charge in [-0.2, -0.15) is 0 Å². The fraction of sp³-hybridized carbons (Fsp3) is 0.318. The maximum Gasteiger partial charge on any atom is 0.226 e. The summed E-state index contributed by atoms with van der Waals surface area (Å²) in [6, 6.07) is 14.3. The first kappa shape index (κ1) is 19.0. The molecule has 1 saturated carbocycles. The summed E-state index contributed by atoms with van der Waals surface area (Å²) in [5.41, 5.74) is 4.19. The van der Waals surface area contributed by atoms with E-state index in [9.17, 15) is 4.79 Å². The van der Waals surface area contributed by atoms with Gasteiger partial charge >= 0.3 is 0 Å². The highest BCUT2D eigenvalue weighted by Gasteiger charge is 2.18. The summed E-state index contributed by atoms with van der Waals surface area (Å²) in [7, 11) is 0. The number of nitrogens with one attached hydrogen (secondary N) is 2. The third-order valence-electron chi connectivity index (χ3n) is 5.14. The predicted molar refractivity (Wildman–Crippen MR) is 121 cm³/mol. The van der Waals surface area contributed by atoms with Gasteiger partial charge in [-0.3, -0.25) is 4.79 Å². The molecule has 144 valence electrons. The lowest BCUT2D eigenvalue weighted by molar-refractivity contribution is -0.120. The van der Waals surface area contributed by atoms with E-state index in [-0.39, 0.29) is 5.91 Å². The molecular formula is C22H23N3OS2. The van der Waals surface area contributed by atoms with Crippen LogP contribution in [0.15, 0.2) is 42.5 Å². The lowest BCUT2D eigenvalue weighted by Gasteiger charge is -2.12. The molecule has 0 unspecified atom stereocenters. The van der Waals surface area contributed by atoms with Crippen LogP contribution in [0.5, 0.6) is 0 Å². The van der Waals surface area contributed by atoms with E-state index < -0.39 is 0 Å². The minimum absolute atomic E-state index is 0.00536. The van der Waals surface area contributed by atoms with Gasteiger partial charge in [0.15, 0.2) is 5.11 Å². The van der Waals surface area contributed by atoms with Crippen molar-refractivity contribution in [2.24, 2.45) is 5.92 Å². The number of thiocarbonyl (C=S) groups is 1. The number of carbonyl (C=O) groups excluding carboxylic acids is 1. The van der Waals surface area contributed by atoms with Crippen LogP contribution in [-0.2, 0) is 4.79 Å². The highest BCUT2D eigenvalue weighted by molar-refractivity contribution is 7.80. The molecule has 0 saturated heterocycles. The number of thiazole rings is 1. The number of hydrogen-bond acceptors (Lipinski definition) is 4. The number of hydrogen-bond donors (Lipinski definition) is 2. The van der Waals surface area contributed by atoms with Crippen molar-refractivity contribution in [2.75, 3.05) is 5.32 Å². The Balaban J connectivity index is 1.37. The topological polar surface area (TPSA) is 54.0 Å². The Morgan fingerprint density at radius 1 is 1.18 bits per heavy atom. The Bertz CT molecular complexity index is 1000. The minimum Gasteiger partial charge on any atom is -0.332 e. The van der Waals surface area contributed by atoms with Crippen LogP contribution >= 0.6 is 23.6 Å². The SMILES string of the molecule is Cc1ccc2nc(-c3ccc(NC(=S)NC(=O)CC4CCCC4)cc3)sc2c1. The normalized spacial score (nSPS) is 14.3. The van der Waals surface area contributed by atoms with Crippen molar-refractivity contribution in [2.45, 2.75) is 39.0 Å². The third kappa shape index (κ3) is 4.56. The van der Waals surface area contributed by atoms with E-state index in [0.717, 1.165) is 34.6 Å². The van der Waals surface area contributed by atoms with Crippen molar-refractivity contribution in [1.29, 1.82) is 0 Å². The second-order valence-corrected chi connectivity index (χ2v) is 8.86. The predicted octanol–water partition coefficient (Wildman–Crippen LogP) is 5.67. The maximum absolute atomic E-state index is 12.1. The van der Waals surface area contributed by atoms with E-state index in [1.165, 1.54) is 23.1 Å². The largest absolute Gasteiger partial charge is 0.332 e. The number of nitrogens with zero attached hydrogens (tertiary/aromatic N) is 1. The van der Waals surface area contributed by atoms with E-state index in [4.69, 9.17) is 17.2 Å². The molecule has 3 aromatic rings. The van der Waals surface area contributed by atoms with E-state index in [2.05, 4.69) is 35.8 Å². The molecule has 1 heterocycles. The van der Waals surface area contributed by atoms with Gasteiger partial charge in [0.25, 0.3) is 0 Å². The molecule has 0 radical (unpaired) electrons. The molecule has 6 heteroatoms. The van der Waals surface area contributed by atoms with Gasteiger partial charge in [0.2, 0.25) is 5.91 Å². The van der Waals surface area contributed by atoms with Gasteiger partial charge in [-0.1, -0.05) is 18.9 Å². The van der Waals surface area contributed by atoms with Crippen molar-refractivity contribution in [3.05, 3.63) is 48.0 Å². The summed E-state index contributed by atoms with van der Waals surface area (Å²) in [6.07, 6.45) is 5.35. The van der Waals surface area contributed by atoms with Gasteiger partial charge in [0.1, 0.15) is 5.01 Å². The molecule has 0 atom stereocenters. The lowest BCUT2D eigenvalue weighted by Crippen LogP contribution is -2.34. The number of rotatable bonds is 4. The van der Waals surface area contributed by atoms with Crippen LogP contribution < -0.4 is 10.6 Å². The van der Waals surface area contributed by atoms with Crippen LogP contribution in [0.4, 0.5) is 5.69 Å². The number of benzene rings is 2. The van der Waals surface area contributed by atoms with Crippen molar-refractivity contribution in [3.8, 4) is 10.6 Å². The van der Waals surface area contributed by atoms with Crippen molar-refractivity contribution >= 4 is 50.5 Å². The first-order valence-electron chi connectivity index (χ1n) is 9.65. The van der Waals surface area contributed by atoms with E-state index in [0.29, 0.717) is 17.5 Å². The fourth-order valence-electron chi connectivity index (χ4n) is 3.67. The molecule has 1 amide bonds. The fourth-order valence-corrected chi connectivity index (χ4v) is 4.97. The molecule has 4 nitrogen and oxygen atoms in total. The van der Waals surface area contributed by atoms with Gasteiger partial charge < -0.3 is 10.6 Å². The van der Waals surface area contributed by atoms with Gasteiger partial charge in [-0.05, 0) is 79.9 Å². The first-order valence-corrected chi connectivity index (χ1v) is 10.9. The summed E-state index contributed by atoms with van der Waals surface area (Å²) in [5, 5.41) is 7.24. The minimum atomic E-state index is 0.00536. The molecule has 2 aromatic carbocycles. The molecule has 1 aromatic heterocycles. The molecule has 2 N–H and O–H groups in total. The molecule has 0 bridgehead atoms. The van der Waals surface area contributed by atoms with Gasteiger partial charge in [0.05, 0.1) is 10.2 Å². The number of anilines is 1. The molecule has 4 rings (SSSR count). The van der Waals surface area contributed by atoms with Crippen LogP contribution in [0.2, 0.25) is 0 Å². The van der Waals surface area contributed by atoms with E-state index in [1.54, 1.807) is 11.3 Å². The monoisotopic (exact) mass is 409 g/mol. The molecule has 0 spiro atoms. The third-order valence-corrected chi connectivity index (χ3v) is 6.41. The first-order chi connectivity index (χ1) is 13.6. The Labute approximate surface area is 174 Å². The van der Waals surface area contributed by atoms with E-state index >= 15 is 0 Å². The summed E-state index contributed by atoms with van der Waals surface area (Å²) in [6.45, 7) is 2.09. The Hall–Kier alpha value is -2.31. The Morgan fingerprint density at radius 3 is 2.68 bits per heavy atom. The average molecular weight is 410 g/mol. The number of carbonyl (C=O) groups is 1. The van der Waals surface area contributed by atoms with Crippen LogP contribution in [-0.4, -0.2) is 16.0 Å². The molecule has 0 aliphatic heterocycles. The summed E-state index contributed by atoms with van der Waals surface area (Å²) < 4.78 is 1.20. The molecular weight excluding hydrogens is 386 g/mol. The quantitative estimate of drug-likeness (QED) is 0.546. The number of fused-ring (bicyclic) bond motifs is 1. The number of aryl methyl sites for hydroxylation is 1. The summed E-state index contributed by atoms with van der Waals surface area (Å²) in [5.74, 6) is 0.519. The molecule has 1 aliphatic rings. The van der Waals surface area contributed by atoms with Crippen LogP contribution in [0.1, 0.15) is 37.7 Å². The Kier molecular flexibility index (Phi) is 5.69. The zero-order valence-electron chi connectivity index (χ0n) is 15.8. The molecule has 1 aliphatic carbocycles. The van der Waals surface area contributed by atoms with Crippen molar-refractivity contribution in [3.63, 3.8) is 0 Å². The molecule has 28 heavy (non-hydrogen) atoms. The number of amides is 1. The zero-order valence-corrected chi connectivity index (χ0v) is 17.5. The van der Waals surface area contributed by atoms with Gasteiger partial charge in [-0.25, -0.2) is 4.98 Å². The highest BCUT2D eigenvalue weighted by Crippen LogP contribution is 2.31. The average Bonchev–Trinajstić information content (AvgIpc) is 3.31. The highest BCUT2D eigenvalue weighted by atomic mass is 32.1. The maximum atomic E-state index is 12.1. The van der Waals surface area contributed by atoms with Gasteiger partial charge in [0, 0.05) is 17.7 Å². The standard InChI is InChI=1S/C22H23N3OS2/c1-14-6-11-18-19(12-14)28-21(24-18)16-7-9-17(10-8-16)23-22(27)25-20(26)13-15-4-2-3-5-15/h6-12,15H,2-5,13H2,1H3,(H2,23,25,26,27). The molecule has 1 fully saturated rings. The zero-order chi connectivity index (χ0) is 19.5. The smallest absolute Gasteiger partial charge is 0.226 e. The second kappa shape index (κ2) is 8.37. The van der Waals surface area contributed by atoms with E-state index in [1.807, 2.05) is 24.3 Å². The van der Waals surface area contributed by atoms with Crippen LogP contribution in [0.3, 0.4) is 0 Å². The van der Waals surface area contributed by atoms with Crippen molar-refractivity contribution in [1.82, 2.24) is 10.3 Å². The van der Waals surface area contributed by atoms with Crippen molar-refractivity contribution < 1.29 is 4.79 Å². The summed E-state index contributed by atoms with van der Waals surface area (Å²) >= 11 is 6.98.